The third kappa shape index (κ3) is 5.91. The third-order valence-electron chi connectivity index (χ3n) is 5.58. The first-order valence-corrected chi connectivity index (χ1v) is 12.3. The maximum Gasteiger partial charge on any atom is 0.194 e. The molecular weight excluding hydrogens is 412 g/mol. The molecule has 0 aromatic heterocycles. The van der Waals surface area contributed by atoms with Gasteiger partial charge >= 0.3 is 0 Å². The number of hydrogen-bond acceptors (Lipinski definition) is 5. The molecule has 3 rings (SSSR count). The van der Waals surface area contributed by atoms with Crippen molar-refractivity contribution in [3.8, 4) is 5.75 Å². The van der Waals surface area contributed by atoms with Gasteiger partial charge in [0.1, 0.15) is 5.75 Å². The van der Waals surface area contributed by atoms with Gasteiger partial charge in [-0.05, 0) is 42.8 Å². The van der Waals surface area contributed by atoms with Crippen molar-refractivity contribution in [3.05, 3.63) is 54.6 Å². The normalized spacial score (nSPS) is 16.2. The Balaban J connectivity index is 1.59. The Morgan fingerprint density at radius 1 is 1.06 bits per heavy atom. The number of piperazine rings is 1. The zero-order chi connectivity index (χ0) is 22.3. The molecule has 168 valence electrons. The van der Waals surface area contributed by atoms with Crippen LogP contribution in [0, 0.1) is 0 Å². The van der Waals surface area contributed by atoms with Crippen LogP contribution in [0.1, 0.15) is 13.3 Å². The molecule has 1 atom stereocenters. The van der Waals surface area contributed by atoms with Crippen molar-refractivity contribution in [3.63, 3.8) is 0 Å². The zero-order valence-electron chi connectivity index (χ0n) is 18.5. The Labute approximate surface area is 185 Å². The van der Waals surface area contributed by atoms with Crippen molar-refractivity contribution >= 4 is 21.5 Å². The number of aliphatic imine (C=N–C) groups is 1. The molecule has 0 radical (unpaired) electrons. The molecule has 1 unspecified atom stereocenters. The largest absolute Gasteiger partial charge is 0.497 e. The maximum atomic E-state index is 12.8. The summed E-state index contributed by atoms with van der Waals surface area (Å²) in [6, 6.07) is 16.5. The van der Waals surface area contributed by atoms with Crippen molar-refractivity contribution in [1.82, 2.24) is 10.2 Å². The minimum absolute atomic E-state index is 0.0400. The Morgan fingerprint density at radius 2 is 1.71 bits per heavy atom. The fraction of sp³-hybridized carbons (Fsp3) is 0.435. The van der Waals surface area contributed by atoms with Crippen LogP contribution in [0.4, 0.5) is 5.69 Å². The molecular formula is C23H32N4O3S. The van der Waals surface area contributed by atoms with Gasteiger partial charge in [-0.3, -0.25) is 4.99 Å². The minimum atomic E-state index is -3.36. The van der Waals surface area contributed by atoms with E-state index in [4.69, 9.17) is 4.74 Å². The quantitative estimate of drug-likeness (QED) is 0.523. The Morgan fingerprint density at radius 3 is 2.26 bits per heavy atom. The average Bonchev–Trinajstić information content (AvgIpc) is 2.82. The summed E-state index contributed by atoms with van der Waals surface area (Å²) < 4.78 is 30.8. The molecule has 8 heteroatoms. The highest BCUT2D eigenvalue weighted by Gasteiger charge is 2.24. The second-order valence-corrected chi connectivity index (χ2v) is 9.60. The summed E-state index contributed by atoms with van der Waals surface area (Å²) in [4.78, 5) is 9.31. The summed E-state index contributed by atoms with van der Waals surface area (Å²) in [5, 5.41) is 3.38. The third-order valence-corrected chi connectivity index (χ3v) is 7.41. The van der Waals surface area contributed by atoms with Gasteiger partial charge in [0, 0.05) is 45.0 Å². The van der Waals surface area contributed by atoms with E-state index in [-0.39, 0.29) is 11.8 Å². The van der Waals surface area contributed by atoms with E-state index in [2.05, 4.69) is 32.2 Å². The highest BCUT2D eigenvalue weighted by molar-refractivity contribution is 7.91. The molecule has 0 amide bonds. The van der Waals surface area contributed by atoms with Crippen molar-refractivity contribution in [1.29, 1.82) is 0 Å². The molecule has 1 N–H and O–H groups in total. The van der Waals surface area contributed by atoms with Crippen LogP contribution in [0.5, 0.6) is 5.75 Å². The zero-order valence-corrected chi connectivity index (χ0v) is 19.3. The predicted molar refractivity (Wildman–Crippen MR) is 126 cm³/mol. The number of methoxy groups -OCH3 is 1. The SMILES string of the molecule is CCC(CS(=O)(=O)c1ccccc1)NC(=NC)N1CCN(c2ccc(OC)cc2)CC1. The molecule has 1 fully saturated rings. The summed E-state index contributed by atoms with van der Waals surface area (Å²) in [5.74, 6) is 1.64. The molecule has 0 bridgehead atoms. The van der Waals surface area contributed by atoms with Gasteiger partial charge in [-0.25, -0.2) is 8.42 Å². The first kappa shape index (κ1) is 22.9. The standard InChI is InChI=1S/C23H32N4O3S/c1-4-19(18-31(28,29)22-8-6-5-7-9-22)25-23(24-2)27-16-14-26(15-17-27)20-10-12-21(30-3)13-11-20/h5-13,19H,4,14-18H2,1-3H3,(H,24,25). The monoisotopic (exact) mass is 444 g/mol. The lowest BCUT2D eigenvalue weighted by atomic mass is 10.2. The van der Waals surface area contributed by atoms with Crippen LogP contribution in [0.25, 0.3) is 0 Å². The van der Waals surface area contributed by atoms with E-state index in [1.807, 2.05) is 25.1 Å². The number of nitrogens with zero attached hydrogens (tertiary/aromatic N) is 3. The number of hydrogen-bond donors (Lipinski definition) is 1. The summed E-state index contributed by atoms with van der Waals surface area (Å²) in [5.41, 5.74) is 1.17. The van der Waals surface area contributed by atoms with Crippen molar-refractivity contribution < 1.29 is 13.2 Å². The predicted octanol–water partition coefficient (Wildman–Crippen LogP) is 2.65. The fourth-order valence-corrected chi connectivity index (χ4v) is 5.31. The number of benzene rings is 2. The second-order valence-electron chi connectivity index (χ2n) is 7.56. The van der Waals surface area contributed by atoms with Gasteiger partial charge < -0.3 is 19.9 Å². The second kappa shape index (κ2) is 10.5. The van der Waals surface area contributed by atoms with Crippen LogP contribution >= 0.6 is 0 Å². The molecule has 31 heavy (non-hydrogen) atoms. The lowest BCUT2D eigenvalue weighted by Gasteiger charge is -2.38. The van der Waals surface area contributed by atoms with Gasteiger partial charge in [-0.2, -0.15) is 0 Å². The molecule has 1 aliphatic rings. The summed E-state index contributed by atoms with van der Waals surface area (Å²) >= 11 is 0. The van der Waals surface area contributed by atoms with Gasteiger partial charge in [-0.15, -0.1) is 0 Å². The molecule has 1 aliphatic heterocycles. The van der Waals surface area contributed by atoms with Gasteiger partial charge in [0.05, 0.1) is 17.8 Å². The number of anilines is 1. The molecule has 1 saturated heterocycles. The highest BCUT2D eigenvalue weighted by Crippen LogP contribution is 2.20. The number of guanidine groups is 1. The van der Waals surface area contributed by atoms with Gasteiger partial charge in [0.25, 0.3) is 0 Å². The van der Waals surface area contributed by atoms with Crippen LogP contribution in [0.2, 0.25) is 0 Å². The fourth-order valence-electron chi connectivity index (χ4n) is 3.70. The topological polar surface area (TPSA) is 74.2 Å². The van der Waals surface area contributed by atoms with Crippen LogP contribution < -0.4 is 15.0 Å². The van der Waals surface area contributed by atoms with Crippen molar-refractivity contribution in [2.24, 2.45) is 4.99 Å². The Hall–Kier alpha value is -2.74. The summed E-state index contributed by atoms with van der Waals surface area (Å²) in [7, 11) is 0.0531. The molecule has 0 saturated carbocycles. The van der Waals surface area contributed by atoms with E-state index in [1.165, 1.54) is 5.69 Å². The maximum absolute atomic E-state index is 12.8. The van der Waals surface area contributed by atoms with E-state index >= 15 is 0 Å². The minimum Gasteiger partial charge on any atom is -0.497 e. The molecule has 7 nitrogen and oxygen atoms in total. The van der Waals surface area contributed by atoms with Crippen molar-refractivity contribution in [2.75, 3.05) is 51.0 Å². The molecule has 2 aromatic rings. The van der Waals surface area contributed by atoms with Gasteiger partial charge in [0.2, 0.25) is 0 Å². The van der Waals surface area contributed by atoms with E-state index in [1.54, 1.807) is 38.4 Å². The average molecular weight is 445 g/mol. The van der Waals surface area contributed by atoms with Gasteiger partial charge in [-0.1, -0.05) is 25.1 Å². The molecule has 0 spiro atoms. The molecule has 2 aromatic carbocycles. The number of rotatable bonds is 7. The smallest absolute Gasteiger partial charge is 0.194 e. The van der Waals surface area contributed by atoms with E-state index in [9.17, 15) is 8.42 Å². The van der Waals surface area contributed by atoms with Crippen LogP contribution in [-0.2, 0) is 9.84 Å². The number of sulfone groups is 1. The first-order valence-electron chi connectivity index (χ1n) is 10.6. The highest BCUT2D eigenvalue weighted by atomic mass is 32.2. The van der Waals surface area contributed by atoms with Crippen molar-refractivity contribution in [2.45, 2.75) is 24.3 Å². The first-order chi connectivity index (χ1) is 15.0. The van der Waals surface area contributed by atoms with E-state index < -0.39 is 9.84 Å². The van der Waals surface area contributed by atoms with Crippen LogP contribution in [0.3, 0.4) is 0 Å². The number of ether oxygens (including phenoxy) is 1. The summed E-state index contributed by atoms with van der Waals surface area (Å²) in [6.07, 6.45) is 0.691. The molecule has 0 aliphatic carbocycles. The van der Waals surface area contributed by atoms with Gasteiger partial charge in [0.15, 0.2) is 15.8 Å². The summed E-state index contributed by atoms with van der Waals surface area (Å²) in [6.45, 7) is 5.35. The Kier molecular flexibility index (Phi) is 7.79. The van der Waals surface area contributed by atoms with E-state index in [0.29, 0.717) is 11.3 Å². The number of nitrogens with one attached hydrogen (secondary N) is 1. The lowest BCUT2D eigenvalue weighted by Crippen LogP contribution is -2.55. The molecule has 1 heterocycles. The lowest BCUT2D eigenvalue weighted by molar-refractivity contribution is 0.367. The Bertz CT molecular complexity index is 954. The van der Waals surface area contributed by atoms with E-state index in [0.717, 1.165) is 37.9 Å². The van der Waals surface area contributed by atoms with Crippen LogP contribution in [0.15, 0.2) is 64.5 Å². The van der Waals surface area contributed by atoms with Crippen LogP contribution in [-0.4, -0.2) is 71.4 Å².